The minimum atomic E-state index is -0.129. The molecular weight excluding hydrogens is 390 g/mol. The normalized spacial score (nSPS) is 18.7. The van der Waals surface area contributed by atoms with Crippen molar-refractivity contribution in [3.8, 4) is 11.5 Å². The van der Waals surface area contributed by atoms with E-state index < -0.39 is 0 Å². The molecule has 4 rings (SSSR count). The number of rotatable bonds is 8. The van der Waals surface area contributed by atoms with E-state index in [1.54, 1.807) is 7.11 Å². The molecule has 31 heavy (non-hydrogen) atoms. The predicted octanol–water partition coefficient (Wildman–Crippen LogP) is 4.34. The summed E-state index contributed by atoms with van der Waals surface area (Å²) in [4.78, 5) is 14.7. The van der Waals surface area contributed by atoms with Gasteiger partial charge in [0.15, 0.2) is 0 Å². The fraction of sp³-hybridized carbons (Fsp3) is 0.480. The summed E-state index contributed by atoms with van der Waals surface area (Å²) in [7, 11) is 1.69. The van der Waals surface area contributed by atoms with Crippen LogP contribution in [0.5, 0.6) is 11.5 Å². The van der Waals surface area contributed by atoms with Crippen LogP contribution >= 0.6 is 0 Å². The lowest BCUT2D eigenvalue weighted by Crippen LogP contribution is -2.38. The lowest BCUT2D eigenvalue weighted by molar-refractivity contribution is 0.207. The highest BCUT2D eigenvalue weighted by Crippen LogP contribution is 2.27. The van der Waals surface area contributed by atoms with Crippen LogP contribution in [0.3, 0.4) is 0 Å². The molecule has 2 fully saturated rings. The van der Waals surface area contributed by atoms with Crippen molar-refractivity contribution in [1.29, 1.82) is 0 Å². The summed E-state index contributed by atoms with van der Waals surface area (Å²) in [5.74, 6) is 2.20. The Kier molecular flexibility index (Phi) is 7.18. The van der Waals surface area contributed by atoms with Gasteiger partial charge in [0.1, 0.15) is 11.5 Å². The van der Waals surface area contributed by atoms with Crippen molar-refractivity contribution in [3.05, 3.63) is 54.1 Å². The van der Waals surface area contributed by atoms with E-state index in [0.29, 0.717) is 25.1 Å². The van der Waals surface area contributed by atoms with Crippen LogP contribution in [0.2, 0.25) is 0 Å². The molecule has 0 bridgehead atoms. The van der Waals surface area contributed by atoms with Crippen LogP contribution in [0.15, 0.2) is 48.5 Å². The Morgan fingerprint density at radius 1 is 1.06 bits per heavy atom. The Balaban J connectivity index is 1.21. The number of hydrogen-bond donors (Lipinski definition) is 2. The Labute approximate surface area is 184 Å². The third-order valence-corrected chi connectivity index (χ3v) is 6.26. The first kappa shape index (κ1) is 21.3. The molecule has 1 atom stereocenters. The first-order valence-electron chi connectivity index (χ1n) is 11.4. The van der Waals surface area contributed by atoms with Crippen LogP contribution in [0.1, 0.15) is 37.7 Å². The van der Waals surface area contributed by atoms with E-state index >= 15 is 0 Å². The van der Waals surface area contributed by atoms with E-state index in [1.165, 1.54) is 18.5 Å². The highest BCUT2D eigenvalue weighted by Gasteiger charge is 2.23. The number of carbonyl (C=O) groups excluding carboxylic acids is 1. The molecule has 1 aliphatic carbocycles. The van der Waals surface area contributed by atoms with E-state index in [2.05, 4.69) is 27.7 Å². The lowest BCUT2D eigenvalue weighted by Gasteiger charge is -2.19. The van der Waals surface area contributed by atoms with Gasteiger partial charge in [-0.25, -0.2) is 4.79 Å². The maximum atomic E-state index is 12.4. The van der Waals surface area contributed by atoms with Gasteiger partial charge in [0.05, 0.1) is 13.2 Å². The second-order valence-electron chi connectivity index (χ2n) is 8.50. The average molecular weight is 424 g/mol. The number of carbonyl (C=O) groups is 1. The van der Waals surface area contributed by atoms with Gasteiger partial charge in [0.25, 0.3) is 0 Å². The maximum Gasteiger partial charge on any atom is 0.315 e. The Bertz CT molecular complexity index is 867. The van der Waals surface area contributed by atoms with Crippen LogP contribution in [0, 0.1) is 5.92 Å². The standard InChI is InChI=1S/C25H33N3O3/c1-30-23-11-6-8-21(15-23)28-14-13-19(18-28)16-26-25(29)27-17-20-7-2-5-12-24(20)31-22-9-3-4-10-22/h2,5-8,11-12,15,19,22H,3-4,9-10,13-14,16-18H2,1H3,(H2,26,27,29). The van der Waals surface area contributed by atoms with E-state index in [1.807, 2.05) is 36.4 Å². The number of anilines is 1. The molecule has 1 saturated carbocycles. The summed E-state index contributed by atoms with van der Waals surface area (Å²) in [6.07, 6.45) is 6.10. The zero-order valence-electron chi connectivity index (χ0n) is 18.3. The third-order valence-electron chi connectivity index (χ3n) is 6.26. The summed E-state index contributed by atoms with van der Waals surface area (Å²) in [5.41, 5.74) is 2.19. The summed E-state index contributed by atoms with van der Waals surface area (Å²) in [6.45, 7) is 3.07. The zero-order chi connectivity index (χ0) is 21.5. The molecule has 1 aliphatic heterocycles. The molecule has 2 aromatic rings. The highest BCUT2D eigenvalue weighted by atomic mass is 16.5. The molecular formula is C25H33N3O3. The monoisotopic (exact) mass is 423 g/mol. The molecule has 0 spiro atoms. The average Bonchev–Trinajstić information content (AvgIpc) is 3.49. The van der Waals surface area contributed by atoms with Gasteiger partial charge in [-0.1, -0.05) is 24.3 Å². The summed E-state index contributed by atoms with van der Waals surface area (Å²) >= 11 is 0. The Morgan fingerprint density at radius 3 is 2.74 bits per heavy atom. The molecule has 0 radical (unpaired) electrons. The first-order chi connectivity index (χ1) is 15.2. The Morgan fingerprint density at radius 2 is 1.90 bits per heavy atom. The van der Waals surface area contributed by atoms with Gasteiger partial charge >= 0.3 is 6.03 Å². The number of urea groups is 1. The van der Waals surface area contributed by atoms with Gasteiger partial charge in [-0.15, -0.1) is 0 Å². The number of amides is 2. The smallest absolute Gasteiger partial charge is 0.315 e. The summed E-state index contributed by atoms with van der Waals surface area (Å²) in [6, 6.07) is 16.0. The molecule has 6 heteroatoms. The topological polar surface area (TPSA) is 62.8 Å². The summed E-state index contributed by atoms with van der Waals surface area (Å²) in [5, 5.41) is 6.03. The van der Waals surface area contributed by atoms with Crippen molar-refractivity contribution in [2.45, 2.75) is 44.8 Å². The van der Waals surface area contributed by atoms with Crippen molar-refractivity contribution in [2.24, 2.45) is 5.92 Å². The van der Waals surface area contributed by atoms with Gasteiger partial charge in [-0.05, 0) is 56.2 Å². The van der Waals surface area contributed by atoms with Gasteiger partial charge in [0, 0.05) is 43.5 Å². The van der Waals surface area contributed by atoms with Gasteiger partial charge in [-0.3, -0.25) is 0 Å². The first-order valence-corrected chi connectivity index (χ1v) is 11.4. The number of nitrogens with zero attached hydrogens (tertiary/aromatic N) is 1. The number of nitrogens with one attached hydrogen (secondary N) is 2. The van der Waals surface area contributed by atoms with Crippen LogP contribution in [-0.4, -0.2) is 38.9 Å². The number of para-hydroxylation sites is 1. The van der Waals surface area contributed by atoms with Gasteiger partial charge in [-0.2, -0.15) is 0 Å². The van der Waals surface area contributed by atoms with E-state index in [4.69, 9.17) is 9.47 Å². The maximum absolute atomic E-state index is 12.4. The zero-order valence-corrected chi connectivity index (χ0v) is 18.3. The quantitative estimate of drug-likeness (QED) is 0.663. The van der Waals surface area contributed by atoms with Gasteiger partial charge in [0.2, 0.25) is 0 Å². The van der Waals surface area contributed by atoms with Crippen molar-refractivity contribution in [3.63, 3.8) is 0 Å². The van der Waals surface area contributed by atoms with Crippen molar-refractivity contribution < 1.29 is 14.3 Å². The van der Waals surface area contributed by atoms with E-state index in [9.17, 15) is 4.79 Å². The minimum Gasteiger partial charge on any atom is -0.497 e. The molecule has 2 amide bonds. The van der Waals surface area contributed by atoms with Crippen molar-refractivity contribution in [2.75, 3.05) is 31.6 Å². The second kappa shape index (κ2) is 10.4. The molecule has 166 valence electrons. The van der Waals surface area contributed by atoms with E-state index in [-0.39, 0.29) is 6.03 Å². The van der Waals surface area contributed by atoms with Crippen LogP contribution in [0.4, 0.5) is 10.5 Å². The Hall–Kier alpha value is -2.89. The molecule has 2 aliphatic rings. The molecule has 1 heterocycles. The van der Waals surface area contributed by atoms with Gasteiger partial charge < -0.3 is 25.0 Å². The third kappa shape index (κ3) is 5.84. The molecule has 0 aromatic heterocycles. The molecule has 2 aromatic carbocycles. The lowest BCUT2D eigenvalue weighted by atomic mass is 10.1. The summed E-state index contributed by atoms with van der Waals surface area (Å²) < 4.78 is 11.5. The molecule has 2 N–H and O–H groups in total. The minimum absolute atomic E-state index is 0.129. The highest BCUT2D eigenvalue weighted by molar-refractivity contribution is 5.74. The molecule has 1 unspecified atom stereocenters. The van der Waals surface area contributed by atoms with Crippen LogP contribution in [-0.2, 0) is 6.54 Å². The van der Waals surface area contributed by atoms with Crippen LogP contribution < -0.4 is 25.0 Å². The number of hydrogen-bond acceptors (Lipinski definition) is 4. The fourth-order valence-electron chi connectivity index (χ4n) is 4.47. The second-order valence-corrected chi connectivity index (χ2v) is 8.50. The number of methoxy groups -OCH3 is 1. The SMILES string of the molecule is COc1cccc(N2CCC(CNC(=O)NCc3ccccc3OC3CCCC3)C2)c1. The number of benzene rings is 2. The fourth-order valence-corrected chi connectivity index (χ4v) is 4.47. The van der Waals surface area contributed by atoms with E-state index in [0.717, 1.165) is 49.4 Å². The molecule has 1 saturated heterocycles. The van der Waals surface area contributed by atoms with Crippen LogP contribution in [0.25, 0.3) is 0 Å². The predicted molar refractivity (Wildman–Crippen MR) is 123 cm³/mol. The largest absolute Gasteiger partial charge is 0.497 e. The van der Waals surface area contributed by atoms with Crippen molar-refractivity contribution >= 4 is 11.7 Å². The van der Waals surface area contributed by atoms with Crippen molar-refractivity contribution in [1.82, 2.24) is 10.6 Å². The molecule has 6 nitrogen and oxygen atoms in total. The number of ether oxygens (including phenoxy) is 2.